The van der Waals surface area contributed by atoms with Crippen LogP contribution in [0, 0.1) is 0 Å². The number of methoxy groups -OCH3 is 1. The van der Waals surface area contributed by atoms with Crippen LogP contribution in [-0.4, -0.2) is 46.0 Å². The van der Waals surface area contributed by atoms with Crippen LogP contribution in [-0.2, 0) is 11.3 Å². The summed E-state index contributed by atoms with van der Waals surface area (Å²) in [6, 6.07) is 3.83. The summed E-state index contributed by atoms with van der Waals surface area (Å²) in [4.78, 5) is 4.59. The number of halogens is 2. The van der Waals surface area contributed by atoms with Crippen molar-refractivity contribution in [3.8, 4) is 11.5 Å². The van der Waals surface area contributed by atoms with Gasteiger partial charge in [0.1, 0.15) is 0 Å². The highest BCUT2D eigenvalue weighted by molar-refractivity contribution is 14.0. The average Bonchev–Trinajstić information content (AvgIpc) is 2.82. The van der Waals surface area contributed by atoms with Crippen molar-refractivity contribution in [1.29, 1.82) is 0 Å². The number of ether oxygens (including phenoxy) is 3. The summed E-state index contributed by atoms with van der Waals surface area (Å²) in [5.74, 6) is 2.10. The zero-order chi connectivity index (χ0) is 17.2. The van der Waals surface area contributed by atoms with E-state index >= 15 is 0 Å². The molecule has 2 rings (SSSR count). The van der Waals surface area contributed by atoms with E-state index < -0.39 is 0 Å². The van der Waals surface area contributed by atoms with Gasteiger partial charge >= 0.3 is 0 Å². The first-order valence-electron chi connectivity index (χ1n) is 8.33. The van der Waals surface area contributed by atoms with Gasteiger partial charge in [-0.25, -0.2) is 4.99 Å². The Morgan fingerprint density at radius 1 is 1.28 bits per heavy atom. The third kappa shape index (κ3) is 7.45. The van der Waals surface area contributed by atoms with Crippen molar-refractivity contribution in [1.82, 2.24) is 10.6 Å². The lowest BCUT2D eigenvalue weighted by Crippen LogP contribution is -2.38. The van der Waals surface area contributed by atoms with Crippen molar-refractivity contribution in [3.05, 3.63) is 22.7 Å². The first-order chi connectivity index (χ1) is 11.7. The van der Waals surface area contributed by atoms with E-state index in [9.17, 15) is 0 Å². The van der Waals surface area contributed by atoms with Crippen LogP contribution in [0.2, 0.25) is 5.02 Å². The minimum Gasteiger partial charge on any atom is -0.489 e. The number of hydrogen-bond donors (Lipinski definition) is 2. The van der Waals surface area contributed by atoms with Gasteiger partial charge in [-0.05, 0) is 31.0 Å². The Hall–Kier alpha value is -0.930. The fourth-order valence-electron chi connectivity index (χ4n) is 2.31. The van der Waals surface area contributed by atoms with Gasteiger partial charge in [0.15, 0.2) is 17.5 Å². The first-order valence-corrected chi connectivity index (χ1v) is 8.71. The number of aliphatic imine (C=N–C) groups is 1. The van der Waals surface area contributed by atoms with Crippen LogP contribution in [0.25, 0.3) is 0 Å². The van der Waals surface area contributed by atoms with Crippen molar-refractivity contribution in [2.45, 2.75) is 26.3 Å². The zero-order valence-electron chi connectivity index (χ0n) is 14.8. The third-order valence-electron chi connectivity index (χ3n) is 3.44. The number of guanidine groups is 1. The lowest BCUT2D eigenvalue weighted by atomic mass is 10.2. The van der Waals surface area contributed by atoms with Crippen LogP contribution >= 0.6 is 35.6 Å². The second-order valence-corrected chi connectivity index (χ2v) is 5.83. The fraction of sp³-hybridized carbons (Fsp3) is 0.588. The van der Waals surface area contributed by atoms with E-state index in [4.69, 9.17) is 25.8 Å². The highest BCUT2D eigenvalue weighted by Gasteiger charge is 2.15. The van der Waals surface area contributed by atoms with E-state index in [2.05, 4.69) is 15.6 Å². The lowest BCUT2D eigenvalue weighted by Gasteiger charge is -2.13. The summed E-state index contributed by atoms with van der Waals surface area (Å²) in [5, 5.41) is 7.08. The molecule has 0 saturated heterocycles. The maximum absolute atomic E-state index is 6.32. The number of rotatable bonds is 7. The van der Waals surface area contributed by atoms with Crippen LogP contribution in [0.1, 0.15) is 25.3 Å². The summed E-state index contributed by atoms with van der Waals surface area (Å²) in [6.45, 7) is 6.15. The summed E-state index contributed by atoms with van der Waals surface area (Å²) in [5.41, 5.74) is 0.985. The average molecular weight is 484 g/mol. The SMILES string of the molecule is CCNC(=NCc1cc(Cl)c2c(c1)OCCCO2)NCCCOC.I. The van der Waals surface area contributed by atoms with Crippen molar-refractivity contribution < 1.29 is 14.2 Å². The van der Waals surface area contributed by atoms with Crippen molar-refractivity contribution in [3.63, 3.8) is 0 Å². The predicted octanol–water partition coefficient (Wildman–Crippen LogP) is 3.21. The second-order valence-electron chi connectivity index (χ2n) is 5.42. The minimum absolute atomic E-state index is 0. The van der Waals surface area contributed by atoms with Crippen LogP contribution in [0.15, 0.2) is 17.1 Å². The lowest BCUT2D eigenvalue weighted by molar-refractivity contribution is 0.195. The van der Waals surface area contributed by atoms with Gasteiger partial charge in [0.05, 0.1) is 24.8 Å². The highest BCUT2D eigenvalue weighted by Crippen LogP contribution is 2.38. The molecule has 25 heavy (non-hydrogen) atoms. The maximum atomic E-state index is 6.32. The van der Waals surface area contributed by atoms with E-state index in [0.717, 1.165) is 44.1 Å². The molecule has 142 valence electrons. The number of nitrogens with zero attached hydrogens (tertiary/aromatic N) is 1. The monoisotopic (exact) mass is 483 g/mol. The Morgan fingerprint density at radius 2 is 2.08 bits per heavy atom. The van der Waals surface area contributed by atoms with Gasteiger partial charge in [0, 0.05) is 33.2 Å². The highest BCUT2D eigenvalue weighted by atomic mass is 127. The fourth-order valence-corrected chi connectivity index (χ4v) is 2.60. The van der Waals surface area contributed by atoms with Crippen molar-refractivity contribution in [2.24, 2.45) is 4.99 Å². The minimum atomic E-state index is 0. The topological polar surface area (TPSA) is 64.1 Å². The molecule has 8 heteroatoms. The molecule has 0 aromatic heterocycles. The Kier molecular flexibility index (Phi) is 11.0. The quantitative estimate of drug-likeness (QED) is 0.270. The molecule has 2 N–H and O–H groups in total. The molecule has 0 fully saturated rings. The molecular formula is C17H27ClIN3O3. The van der Waals surface area contributed by atoms with E-state index in [1.54, 1.807) is 7.11 Å². The molecular weight excluding hydrogens is 457 g/mol. The Labute approximate surface area is 171 Å². The van der Waals surface area contributed by atoms with Gasteiger partial charge in [0.2, 0.25) is 0 Å². The summed E-state index contributed by atoms with van der Waals surface area (Å²) < 4.78 is 16.4. The molecule has 0 aliphatic carbocycles. The predicted molar refractivity (Wildman–Crippen MR) is 112 cm³/mol. The molecule has 0 spiro atoms. The molecule has 6 nitrogen and oxygen atoms in total. The normalized spacial score (nSPS) is 13.6. The summed E-state index contributed by atoms with van der Waals surface area (Å²) >= 11 is 6.32. The molecule has 0 unspecified atom stereocenters. The van der Waals surface area contributed by atoms with Gasteiger partial charge in [-0.3, -0.25) is 0 Å². The molecule has 1 aliphatic heterocycles. The molecule has 0 atom stereocenters. The Balaban J connectivity index is 0.00000312. The zero-order valence-corrected chi connectivity index (χ0v) is 17.9. The number of nitrogens with one attached hydrogen (secondary N) is 2. The van der Waals surface area contributed by atoms with E-state index in [0.29, 0.717) is 36.3 Å². The second kappa shape index (κ2) is 12.4. The Morgan fingerprint density at radius 3 is 2.84 bits per heavy atom. The molecule has 0 amide bonds. The van der Waals surface area contributed by atoms with Gasteiger partial charge in [-0.1, -0.05) is 11.6 Å². The van der Waals surface area contributed by atoms with Gasteiger partial charge in [-0.2, -0.15) is 0 Å². The van der Waals surface area contributed by atoms with Gasteiger partial charge < -0.3 is 24.8 Å². The van der Waals surface area contributed by atoms with E-state index in [1.165, 1.54) is 0 Å². The van der Waals surface area contributed by atoms with Gasteiger partial charge in [0.25, 0.3) is 0 Å². The van der Waals surface area contributed by atoms with Crippen LogP contribution in [0.4, 0.5) is 0 Å². The number of fused-ring (bicyclic) bond motifs is 1. The van der Waals surface area contributed by atoms with E-state index in [-0.39, 0.29) is 24.0 Å². The molecule has 1 heterocycles. The maximum Gasteiger partial charge on any atom is 0.191 e. The number of benzene rings is 1. The van der Waals surface area contributed by atoms with Crippen molar-refractivity contribution in [2.75, 3.05) is 40.0 Å². The van der Waals surface area contributed by atoms with Crippen LogP contribution < -0.4 is 20.1 Å². The molecule has 0 bridgehead atoms. The van der Waals surface area contributed by atoms with Gasteiger partial charge in [-0.15, -0.1) is 24.0 Å². The largest absolute Gasteiger partial charge is 0.489 e. The van der Waals surface area contributed by atoms with E-state index in [1.807, 2.05) is 19.1 Å². The molecule has 1 aliphatic rings. The molecule has 0 saturated carbocycles. The first kappa shape index (κ1) is 22.1. The third-order valence-corrected chi connectivity index (χ3v) is 3.72. The van der Waals surface area contributed by atoms with Crippen LogP contribution in [0.3, 0.4) is 0 Å². The number of hydrogen-bond acceptors (Lipinski definition) is 4. The smallest absolute Gasteiger partial charge is 0.191 e. The Bertz CT molecular complexity index is 558. The summed E-state index contributed by atoms with van der Waals surface area (Å²) in [6.07, 6.45) is 1.78. The molecule has 1 aromatic carbocycles. The molecule has 0 radical (unpaired) electrons. The standard InChI is InChI=1S/C17H26ClN3O3.HI/c1-3-19-17(20-6-4-7-22-2)21-12-13-10-14(18)16-15(11-13)23-8-5-9-24-16;/h10-11H,3-9,12H2,1-2H3,(H2,19,20,21);1H. The van der Waals surface area contributed by atoms with Crippen LogP contribution in [0.5, 0.6) is 11.5 Å². The summed E-state index contributed by atoms with van der Waals surface area (Å²) in [7, 11) is 1.70. The van der Waals surface area contributed by atoms with Crippen molar-refractivity contribution >= 4 is 41.5 Å². The molecule has 1 aromatic rings.